The lowest BCUT2D eigenvalue weighted by Crippen LogP contribution is -2.20. The lowest BCUT2D eigenvalue weighted by molar-refractivity contribution is 0.0849. The Morgan fingerprint density at radius 3 is 2.62 bits per heavy atom. The van der Waals surface area contributed by atoms with E-state index in [1.54, 1.807) is 6.07 Å². The summed E-state index contributed by atoms with van der Waals surface area (Å²) in [4.78, 5) is 12.4. The molecule has 1 heterocycles. The number of hydrogen-bond acceptors (Lipinski definition) is 4. The molecule has 1 aliphatic rings. The highest BCUT2D eigenvalue weighted by molar-refractivity contribution is 6.00. The van der Waals surface area contributed by atoms with E-state index in [1.807, 2.05) is 24.3 Å². The Kier molecular flexibility index (Phi) is 6.76. The van der Waals surface area contributed by atoms with Crippen molar-refractivity contribution in [1.82, 2.24) is 0 Å². The minimum absolute atomic E-state index is 0.0188. The molecule has 29 heavy (non-hydrogen) atoms. The molecule has 1 N–H and O–H groups in total. The fraction of sp³-hybridized carbons (Fsp3) is 0.320. The van der Waals surface area contributed by atoms with Gasteiger partial charge >= 0.3 is 0 Å². The first-order chi connectivity index (χ1) is 13.9. The molecule has 0 aromatic heterocycles. The van der Waals surface area contributed by atoms with Crippen molar-refractivity contribution in [2.75, 3.05) is 6.61 Å². The maximum Gasteiger partial charge on any atom is 0.170 e. The lowest BCUT2D eigenvalue weighted by Gasteiger charge is -2.25. The van der Waals surface area contributed by atoms with Gasteiger partial charge < -0.3 is 14.6 Å². The highest BCUT2D eigenvalue weighted by Crippen LogP contribution is 2.37. The largest absolute Gasteiger partial charge is 0.508 e. The van der Waals surface area contributed by atoms with Gasteiger partial charge in [-0.1, -0.05) is 29.4 Å². The standard InChI is InChI=1S/C25H28O4/c1-17(2)5-4-6-18(3)13-14-28-21-10-7-19(8-11-21)24-16-23(27)22-12-9-20(26)15-25(22)29-24/h5,7-13,15,24,26H,4,6,14,16H2,1-3H3/t24-/m1/s1. The number of allylic oxidation sites excluding steroid dienone is 3. The Morgan fingerprint density at radius 1 is 1.14 bits per heavy atom. The van der Waals surface area contributed by atoms with Gasteiger partial charge in [0.15, 0.2) is 5.78 Å². The van der Waals surface area contributed by atoms with Gasteiger partial charge in [-0.05, 0) is 69.5 Å². The van der Waals surface area contributed by atoms with E-state index in [1.165, 1.54) is 23.3 Å². The van der Waals surface area contributed by atoms with Crippen molar-refractivity contribution in [3.05, 3.63) is 76.9 Å². The molecule has 2 aromatic carbocycles. The van der Waals surface area contributed by atoms with Crippen molar-refractivity contribution in [1.29, 1.82) is 0 Å². The number of phenolic OH excluding ortho intramolecular Hbond substituents is 1. The normalized spacial score (nSPS) is 16.0. The molecule has 0 bridgehead atoms. The van der Waals surface area contributed by atoms with E-state index in [4.69, 9.17) is 9.47 Å². The molecule has 0 spiro atoms. The maximum atomic E-state index is 12.4. The van der Waals surface area contributed by atoms with Crippen LogP contribution in [0.15, 0.2) is 65.8 Å². The number of fused-ring (bicyclic) bond motifs is 1. The number of rotatable bonds is 7. The predicted molar refractivity (Wildman–Crippen MR) is 115 cm³/mol. The maximum absolute atomic E-state index is 12.4. The summed E-state index contributed by atoms with van der Waals surface area (Å²) in [6, 6.07) is 12.2. The van der Waals surface area contributed by atoms with E-state index in [0.29, 0.717) is 17.9 Å². The number of phenols is 1. The predicted octanol–water partition coefficient (Wildman–Crippen LogP) is 6.17. The summed E-state index contributed by atoms with van der Waals surface area (Å²) in [6.07, 6.45) is 6.38. The molecule has 1 atom stereocenters. The van der Waals surface area contributed by atoms with E-state index in [9.17, 15) is 9.90 Å². The molecular weight excluding hydrogens is 364 g/mol. The number of aromatic hydroxyl groups is 1. The molecular formula is C25H28O4. The van der Waals surface area contributed by atoms with Crippen molar-refractivity contribution in [2.24, 2.45) is 0 Å². The number of carbonyl (C=O) groups excluding carboxylic acids is 1. The fourth-order valence-electron chi connectivity index (χ4n) is 3.25. The highest BCUT2D eigenvalue weighted by atomic mass is 16.5. The molecule has 0 amide bonds. The van der Waals surface area contributed by atoms with E-state index in [-0.39, 0.29) is 24.1 Å². The van der Waals surface area contributed by atoms with Crippen molar-refractivity contribution < 1.29 is 19.4 Å². The number of hydrogen-bond donors (Lipinski definition) is 1. The average molecular weight is 392 g/mol. The van der Waals surface area contributed by atoms with E-state index < -0.39 is 0 Å². The summed E-state index contributed by atoms with van der Waals surface area (Å²) in [5, 5.41) is 9.65. The van der Waals surface area contributed by atoms with Crippen LogP contribution >= 0.6 is 0 Å². The Morgan fingerprint density at radius 2 is 1.90 bits per heavy atom. The van der Waals surface area contributed by atoms with Crippen molar-refractivity contribution in [2.45, 2.75) is 46.1 Å². The number of carbonyl (C=O) groups is 1. The lowest BCUT2D eigenvalue weighted by atomic mass is 9.96. The third-order valence-electron chi connectivity index (χ3n) is 4.93. The zero-order chi connectivity index (χ0) is 20.8. The van der Waals surface area contributed by atoms with Crippen LogP contribution < -0.4 is 9.47 Å². The molecule has 0 fully saturated rings. The highest BCUT2D eigenvalue weighted by Gasteiger charge is 2.27. The van der Waals surface area contributed by atoms with Crippen LogP contribution in [-0.4, -0.2) is 17.5 Å². The van der Waals surface area contributed by atoms with E-state index in [2.05, 4.69) is 32.9 Å². The van der Waals surface area contributed by atoms with Gasteiger partial charge in [0, 0.05) is 6.07 Å². The Labute approximate surface area is 172 Å². The molecule has 0 saturated heterocycles. The molecule has 1 aliphatic heterocycles. The third-order valence-corrected chi connectivity index (χ3v) is 4.93. The van der Waals surface area contributed by atoms with Gasteiger partial charge in [-0.25, -0.2) is 0 Å². The molecule has 4 nitrogen and oxygen atoms in total. The van der Waals surface area contributed by atoms with E-state index in [0.717, 1.165) is 24.2 Å². The van der Waals surface area contributed by atoms with Crippen LogP contribution in [0.1, 0.15) is 62.1 Å². The smallest absolute Gasteiger partial charge is 0.170 e. The first-order valence-electron chi connectivity index (χ1n) is 9.97. The summed E-state index contributed by atoms with van der Waals surface area (Å²) < 4.78 is 11.7. The first-order valence-corrected chi connectivity index (χ1v) is 9.97. The Bertz CT molecular complexity index is 918. The van der Waals surface area contributed by atoms with Crippen LogP contribution in [0.2, 0.25) is 0 Å². The summed E-state index contributed by atoms with van der Waals surface area (Å²) in [5.74, 6) is 1.32. The molecule has 4 heteroatoms. The van der Waals surface area contributed by atoms with Gasteiger partial charge in [0.1, 0.15) is 30.0 Å². The number of ether oxygens (including phenoxy) is 2. The molecule has 0 saturated carbocycles. The summed E-state index contributed by atoms with van der Waals surface area (Å²) >= 11 is 0. The molecule has 152 valence electrons. The van der Waals surface area contributed by atoms with Crippen LogP contribution in [-0.2, 0) is 0 Å². The van der Waals surface area contributed by atoms with Crippen LogP contribution in [0.4, 0.5) is 0 Å². The number of ketones is 1. The average Bonchev–Trinajstić information content (AvgIpc) is 2.68. The second-order valence-electron chi connectivity index (χ2n) is 7.66. The van der Waals surface area contributed by atoms with Crippen molar-refractivity contribution >= 4 is 5.78 Å². The number of benzene rings is 2. The van der Waals surface area contributed by atoms with Gasteiger partial charge in [-0.3, -0.25) is 4.79 Å². The molecule has 0 radical (unpaired) electrons. The van der Waals surface area contributed by atoms with Crippen molar-refractivity contribution in [3.63, 3.8) is 0 Å². The van der Waals surface area contributed by atoms with Crippen LogP contribution in [0, 0.1) is 0 Å². The van der Waals surface area contributed by atoms with Crippen LogP contribution in [0.3, 0.4) is 0 Å². The quantitative estimate of drug-likeness (QED) is 0.573. The Hall–Kier alpha value is -3.01. The van der Waals surface area contributed by atoms with Gasteiger partial charge in [0.05, 0.1) is 12.0 Å². The minimum Gasteiger partial charge on any atom is -0.508 e. The topological polar surface area (TPSA) is 55.8 Å². The fourth-order valence-corrected chi connectivity index (χ4v) is 3.25. The molecule has 0 unspecified atom stereocenters. The summed E-state index contributed by atoms with van der Waals surface area (Å²) in [7, 11) is 0. The zero-order valence-corrected chi connectivity index (χ0v) is 17.3. The second kappa shape index (κ2) is 9.46. The molecule has 2 aromatic rings. The third kappa shape index (κ3) is 5.74. The summed E-state index contributed by atoms with van der Waals surface area (Å²) in [5.41, 5.74) is 4.09. The zero-order valence-electron chi connectivity index (χ0n) is 17.3. The molecule has 3 rings (SSSR count). The van der Waals surface area contributed by atoms with Gasteiger partial charge in [-0.2, -0.15) is 0 Å². The van der Waals surface area contributed by atoms with Crippen molar-refractivity contribution in [3.8, 4) is 17.2 Å². The number of Topliss-reactive ketones (excluding diaryl/α,β-unsaturated/α-hetero) is 1. The van der Waals surface area contributed by atoms with E-state index >= 15 is 0 Å². The second-order valence-corrected chi connectivity index (χ2v) is 7.66. The Balaban J connectivity index is 1.57. The summed E-state index contributed by atoms with van der Waals surface area (Å²) in [6.45, 7) is 6.88. The van der Waals surface area contributed by atoms with Crippen LogP contribution in [0.25, 0.3) is 0 Å². The molecule has 0 aliphatic carbocycles. The minimum atomic E-state index is -0.358. The van der Waals surface area contributed by atoms with Gasteiger partial charge in [0.2, 0.25) is 0 Å². The van der Waals surface area contributed by atoms with Gasteiger partial charge in [0.25, 0.3) is 0 Å². The SMILES string of the molecule is CC(C)=CCCC(C)=CCOc1ccc([C@H]2CC(=O)c3ccc(O)cc3O2)cc1. The first kappa shape index (κ1) is 20.7. The van der Waals surface area contributed by atoms with Gasteiger partial charge in [-0.15, -0.1) is 0 Å². The monoisotopic (exact) mass is 392 g/mol. The van der Waals surface area contributed by atoms with Crippen LogP contribution in [0.5, 0.6) is 17.2 Å².